The molecule has 0 aromatic carbocycles. The van der Waals surface area contributed by atoms with Gasteiger partial charge in [0.05, 0.1) is 49.8 Å². The van der Waals surface area contributed by atoms with E-state index >= 15 is 0 Å². The third kappa shape index (κ3) is 11.1. The minimum absolute atomic E-state index is 0.00485. The molecule has 0 amide bonds. The Morgan fingerprint density at radius 2 is 1.03 bits per heavy atom. The van der Waals surface area contributed by atoms with E-state index in [0.29, 0.717) is 32.1 Å². The van der Waals surface area contributed by atoms with E-state index in [9.17, 15) is 81.7 Å². The van der Waals surface area contributed by atoms with Crippen molar-refractivity contribution in [3.8, 4) is 0 Å². The van der Waals surface area contributed by atoms with Crippen molar-refractivity contribution in [1.29, 1.82) is 0 Å². The Morgan fingerprint density at radius 3 is 1.60 bits per heavy atom. The van der Waals surface area contributed by atoms with Crippen LogP contribution in [-0.2, 0) is 37.9 Å². The van der Waals surface area contributed by atoms with Gasteiger partial charge >= 0.3 is 0 Å². The molecule has 8 fully saturated rings. The van der Waals surface area contributed by atoms with Crippen molar-refractivity contribution in [2.24, 2.45) is 45.3 Å². The Bertz CT molecular complexity index is 2030. The van der Waals surface area contributed by atoms with Crippen LogP contribution in [0.2, 0.25) is 0 Å². The molecule has 78 heavy (non-hydrogen) atoms. The van der Waals surface area contributed by atoms with Crippen LogP contribution in [-0.4, -0.2) is 254 Å². The standard InChI is InChI=1S/C54H92O24/c1-49(2,70)13-9-14-54(8,78-47-43(69)39(65)36(62)28(75-47)22-71-45-41(67)37(63)33(59)25(19-55)72-45)23-10-16-53(7)32(23)24(58)18-30-51(5)15-12-31(50(3,4)29(51)11-17-52(30,53)6)76-48-44(40(66)35(61)27(21-57)74-48)77-46-42(68)38(64)34(60)26(20-56)73-46/h9,13,23-48,55-70H,10-12,14-22H2,1-8H3/b13-9+/t23-,24+,25+,26+,27+,28+,29+,30+,31-,32-,33+,34+,35+,36+,37-,38-,39-,40-,41+,42+,43+,44+,45+,46-,47-,48-,51-,52+,53+,54-/m0/s1. The van der Waals surface area contributed by atoms with Crippen molar-refractivity contribution in [2.45, 2.75) is 253 Å². The Labute approximate surface area is 455 Å². The van der Waals surface area contributed by atoms with E-state index in [0.717, 1.165) is 12.8 Å². The average Bonchev–Trinajstić information content (AvgIpc) is 3.95. The minimum Gasteiger partial charge on any atom is -0.394 e. The summed E-state index contributed by atoms with van der Waals surface area (Å²) in [6, 6.07) is 0. The molecule has 24 nitrogen and oxygen atoms in total. The average molecular weight is 1130 g/mol. The molecule has 8 aliphatic rings. The largest absolute Gasteiger partial charge is 0.394 e. The van der Waals surface area contributed by atoms with Gasteiger partial charge in [0.25, 0.3) is 0 Å². The number of fused-ring (bicyclic) bond motifs is 5. The van der Waals surface area contributed by atoms with Crippen LogP contribution in [0.4, 0.5) is 0 Å². The van der Waals surface area contributed by atoms with Crippen LogP contribution in [0.1, 0.15) is 107 Å². The van der Waals surface area contributed by atoms with Gasteiger partial charge in [0.1, 0.15) is 97.7 Å². The van der Waals surface area contributed by atoms with Crippen molar-refractivity contribution >= 4 is 0 Å². The van der Waals surface area contributed by atoms with Crippen molar-refractivity contribution in [3.63, 3.8) is 0 Å². The SMILES string of the molecule is CC(C)(O)/C=C/C[C@](C)(O[C@@H]1O[C@H](CO[C@@H]2O[C@H](CO)[C@@H](O)[C@H](O)[C@H]2O)[C@@H](O)[C@H](O)[C@H]1O)[C@H]1CC[C@]2(C)[C@@H]1[C@H](O)C[C@@H]1[C@@]3(C)CC[C@H](O[C@@H]4O[C@H](CO)[C@@H](O)[C@H](O)[C@H]4O[C@@H]4O[C@H](CO)[C@@H](O)[C@H](O)[C@H]4O)C(C)(C)[C@H]3CC[C@]12C. The highest BCUT2D eigenvalue weighted by Crippen LogP contribution is 2.76. The molecule has 4 saturated carbocycles. The fourth-order valence-electron chi connectivity index (χ4n) is 16.1. The predicted octanol–water partition coefficient (Wildman–Crippen LogP) is -3.23. The summed E-state index contributed by atoms with van der Waals surface area (Å²) < 4.78 is 48.7. The first-order valence-corrected chi connectivity index (χ1v) is 28.0. The van der Waals surface area contributed by atoms with E-state index in [-0.39, 0.29) is 40.9 Å². The summed E-state index contributed by atoms with van der Waals surface area (Å²) in [6.45, 7) is 13.5. The number of hydrogen-bond acceptors (Lipinski definition) is 24. The van der Waals surface area contributed by atoms with Crippen LogP contribution in [0, 0.1) is 45.3 Å². The highest BCUT2D eigenvalue weighted by molar-refractivity contribution is 5.21. The predicted molar refractivity (Wildman–Crippen MR) is 268 cm³/mol. The summed E-state index contributed by atoms with van der Waals surface area (Å²) in [4.78, 5) is 0. The van der Waals surface area contributed by atoms with Gasteiger partial charge in [-0.1, -0.05) is 46.8 Å². The first-order chi connectivity index (χ1) is 36.3. The van der Waals surface area contributed by atoms with E-state index < -0.39 is 183 Å². The molecule has 30 atom stereocenters. The number of aliphatic hydroxyl groups is 16. The molecule has 0 spiro atoms. The fourth-order valence-corrected chi connectivity index (χ4v) is 16.1. The number of hydrogen-bond donors (Lipinski definition) is 16. The molecule has 0 unspecified atom stereocenters. The summed E-state index contributed by atoms with van der Waals surface area (Å²) in [6.07, 6.45) is -25.7. The van der Waals surface area contributed by atoms with Gasteiger partial charge < -0.3 is 120 Å². The van der Waals surface area contributed by atoms with Crippen LogP contribution in [0.25, 0.3) is 0 Å². The minimum atomic E-state index is -1.83. The van der Waals surface area contributed by atoms with Crippen molar-refractivity contribution in [3.05, 3.63) is 12.2 Å². The van der Waals surface area contributed by atoms with Gasteiger partial charge in [-0.2, -0.15) is 0 Å². The van der Waals surface area contributed by atoms with E-state index in [2.05, 4.69) is 34.6 Å². The summed E-state index contributed by atoms with van der Waals surface area (Å²) in [5.74, 6) is -0.746. The topological polar surface area (TPSA) is 398 Å². The summed E-state index contributed by atoms with van der Waals surface area (Å²) in [7, 11) is 0. The molecule has 4 heterocycles. The lowest BCUT2D eigenvalue weighted by atomic mass is 9.35. The van der Waals surface area contributed by atoms with Crippen LogP contribution in [0.5, 0.6) is 0 Å². The van der Waals surface area contributed by atoms with Gasteiger partial charge in [-0.15, -0.1) is 0 Å². The first kappa shape index (κ1) is 62.8. The third-order valence-corrected chi connectivity index (χ3v) is 20.7. The second-order valence-electron chi connectivity index (χ2n) is 26.2. The molecule has 452 valence electrons. The van der Waals surface area contributed by atoms with Crippen molar-refractivity contribution < 1.29 is 120 Å². The lowest BCUT2D eigenvalue weighted by Crippen LogP contribution is -2.68. The molecule has 0 aromatic rings. The Hall–Kier alpha value is -1.22. The van der Waals surface area contributed by atoms with Crippen LogP contribution in [0.15, 0.2) is 12.2 Å². The smallest absolute Gasteiger partial charge is 0.187 e. The van der Waals surface area contributed by atoms with Crippen LogP contribution in [0.3, 0.4) is 0 Å². The van der Waals surface area contributed by atoms with E-state index in [1.807, 2.05) is 6.92 Å². The van der Waals surface area contributed by atoms with E-state index in [1.165, 1.54) is 0 Å². The highest BCUT2D eigenvalue weighted by Gasteiger charge is 2.72. The molecule has 4 saturated heterocycles. The van der Waals surface area contributed by atoms with Crippen LogP contribution < -0.4 is 0 Å². The van der Waals surface area contributed by atoms with Gasteiger partial charge in [-0.25, -0.2) is 0 Å². The molecule has 0 bridgehead atoms. The number of aliphatic hydroxyl groups excluding tert-OH is 15. The maximum absolute atomic E-state index is 12.8. The maximum atomic E-state index is 12.8. The second-order valence-corrected chi connectivity index (χ2v) is 26.2. The Kier molecular flexibility index (Phi) is 18.8. The summed E-state index contributed by atoms with van der Waals surface area (Å²) in [5.41, 5.74) is -4.24. The Morgan fingerprint density at radius 1 is 0.526 bits per heavy atom. The number of rotatable bonds is 16. The molecule has 0 radical (unpaired) electrons. The molecule has 16 N–H and O–H groups in total. The molecule has 4 aliphatic heterocycles. The molecule has 0 aromatic heterocycles. The zero-order valence-corrected chi connectivity index (χ0v) is 46.1. The van der Waals surface area contributed by atoms with Gasteiger partial charge in [0, 0.05) is 0 Å². The lowest BCUT2D eigenvalue weighted by molar-refractivity contribution is -0.378. The molecular weight excluding hydrogens is 1030 g/mol. The normalized spacial score (nSPS) is 52.6. The lowest BCUT2D eigenvalue weighted by Gasteiger charge is -2.71. The van der Waals surface area contributed by atoms with E-state index in [4.69, 9.17) is 37.9 Å². The van der Waals surface area contributed by atoms with Gasteiger partial charge in [-0.3, -0.25) is 0 Å². The molecule has 4 aliphatic carbocycles. The molecular formula is C54H92O24. The van der Waals surface area contributed by atoms with Crippen molar-refractivity contribution in [2.75, 3.05) is 26.4 Å². The van der Waals surface area contributed by atoms with Gasteiger partial charge in [0.15, 0.2) is 25.2 Å². The molecule has 24 heteroatoms. The molecule has 8 rings (SSSR count). The third-order valence-electron chi connectivity index (χ3n) is 20.7. The van der Waals surface area contributed by atoms with E-state index in [1.54, 1.807) is 26.0 Å². The van der Waals surface area contributed by atoms with Crippen molar-refractivity contribution in [1.82, 2.24) is 0 Å². The van der Waals surface area contributed by atoms with Crippen LogP contribution >= 0.6 is 0 Å². The Balaban J connectivity index is 1.02. The zero-order valence-electron chi connectivity index (χ0n) is 46.1. The quantitative estimate of drug-likeness (QED) is 0.0534. The second kappa shape index (κ2) is 23.3. The summed E-state index contributed by atoms with van der Waals surface area (Å²) in [5, 5.41) is 173. The van der Waals surface area contributed by atoms with Gasteiger partial charge in [-0.05, 0) is 117 Å². The highest BCUT2D eigenvalue weighted by atomic mass is 16.8. The first-order valence-electron chi connectivity index (χ1n) is 28.0. The summed E-state index contributed by atoms with van der Waals surface area (Å²) >= 11 is 0. The van der Waals surface area contributed by atoms with Gasteiger partial charge in [0.2, 0.25) is 0 Å². The zero-order chi connectivity index (χ0) is 57.6. The maximum Gasteiger partial charge on any atom is 0.187 e. The number of ether oxygens (including phenoxy) is 8. The monoisotopic (exact) mass is 1120 g/mol. The fraction of sp³-hybridized carbons (Fsp3) is 0.963.